The van der Waals surface area contributed by atoms with E-state index in [1.807, 2.05) is 30.5 Å². The second kappa shape index (κ2) is 7.62. The summed E-state index contributed by atoms with van der Waals surface area (Å²) in [5, 5.41) is 6.42. The van der Waals surface area contributed by atoms with Gasteiger partial charge in [-0.05, 0) is 0 Å². The van der Waals surface area contributed by atoms with E-state index in [4.69, 9.17) is 9.15 Å². The van der Waals surface area contributed by atoms with Crippen molar-refractivity contribution in [2.75, 3.05) is 13.1 Å². The Balaban J connectivity index is 1.31. The van der Waals surface area contributed by atoms with Crippen LogP contribution in [0.1, 0.15) is 18.4 Å². The van der Waals surface area contributed by atoms with E-state index in [0.29, 0.717) is 20.9 Å². The fraction of sp³-hybridized carbons (Fsp3) is 0.300. The van der Waals surface area contributed by atoms with Crippen LogP contribution in [0.25, 0.3) is 21.3 Å². The van der Waals surface area contributed by atoms with Crippen LogP contribution < -0.4 is 10.1 Å². The van der Waals surface area contributed by atoms with Gasteiger partial charge in [-0.25, -0.2) is 0 Å². The molecule has 27 heavy (non-hydrogen) atoms. The Bertz CT molecular complexity index is 1040. The number of pyridine rings is 1. The van der Waals surface area contributed by atoms with Crippen LogP contribution in [0.3, 0.4) is 0 Å². The van der Waals surface area contributed by atoms with E-state index in [9.17, 15) is 0 Å². The number of furan rings is 1. The minimum atomic E-state index is 0.326. The normalized spacial score (nSPS) is 16.0. The molecule has 0 amide bonds. The molecule has 137 valence electrons. The van der Waals surface area contributed by atoms with Gasteiger partial charge in [-0.15, -0.1) is 0 Å². The molecule has 1 fully saturated rings. The summed E-state index contributed by atoms with van der Waals surface area (Å²) >= 11 is 1.82. The number of hydrogen-bond acceptors (Lipinski definition) is 6. The van der Waals surface area contributed by atoms with Gasteiger partial charge in [0.05, 0.1) is 0 Å². The zero-order valence-electron chi connectivity index (χ0n) is 14.7. The molecule has 1 aliphatic heterocycles. The first-order chi connectivity index (χ1) is 13.3. The molecule has 3 aromatic heterocycles. The summed E-state index contributed by atoms with van der Waals surface area (Å²) in [4.78, 5) is 8.68. The van der Waals surface area contributed by atoms with E-state index in [1.165, 1.54) is 48.2 Å². The Morgan fingerprint density at radius 2 is 2.19 bits per heavy atom. The predicted molar refractivity (Wildman–Crippen MR) is 109 cm³/mol. The molecule has 4 aromatic rings. The number of benzene rings is 1. The van der Waals surface area contributed by atoms with E-state index in [1.54, 1.807) is 6.20 Å². The molecule has 1 aromatic carbocycles. The van der Waals surface area contributed by atoms with Crippen LogP contribution in [0.15, 0.2) is 47.2 Å². The van der Waals surface area contributed by atoms with E-state index < -0.39 is 0 Å². The van der Waals surface area contributed by atoms with Crippen molar-refractivity contribution in [2.24, 2.45) is 0 Å². The van der Waals surface area contributed by atoms with Gasteiger partial charge >= 0.3 is 168 Å². The van der Waals surface area contributed by atoms with Crippen molar-refractivity contribution in [1.82, 2.24) is 15.3 Å². The summed E-state index contributed by atoms with van der Waals surface area (Å²) in [6.45, 7) is 2.35. The number of nitrogens with one attached hydrogen (secondary N) is 1. The van der Waals surface area contributed by atoms with Gasteiger partial charge < -0.3 is 0 Å². The number of ether oxygens (including phenoxy) is 1. The van der Waals surface area contributed by atoms with E-state index in [-0.39, 0.29) is 0 Å². The van der Waals surface area contributed by atoms with Gasteiger partial charge in [0.25, 0.3) is 0 Å². The zero-order chi connectivity index (χ0) is 18.1. The second-order valence-corrected chi connectivity index (χ2v) is 10.6. The number of hydrogen-bond donors (Lipinski definition) is 1. The number of piperidine rings is 1. The molecule has 4 heterocycles. The molecule has 1 saturated heterocycles. The van der Waals surface area contributed by atoms with Crippen molar-refractivity contribution >= 4 is 48.4 Å². The van der Waals surface area contributed by atoms with Crippen molar-refractivity contribution in [2.45, 2.75) is 22.8 Å². The first-order valence-electron chi connectivity index (χ1n) is 9.12. The van der Waals surface area contributed by atoms with Gasteiger partial charge in [0, 0.05) is 0 Å². The van der Waals surface area contributed by atoms with Gasteiger partial charge in [0.15, 0.2) is 0 Å². The molecule has 0 aliphatic carbocycles. The Hall–Kier alpha value is -1.88. The van der Waals surface area contributed by atoms with Gasteiger partial charge in [-0.1, -0.05) is 0 Å². The Morgan fingerprint density at radius 1 is 1.26 bits per heavy atom. The minimum absolute atomic E-state index is 0.326. The molecule has 1 radical (unpaired) electrons. The van der Waals surface area contributed by atoms with Crippen LogP contribution in [0, 0.1) is 0 Å². The quantitative estimate of drug-likeness (QED) is 0.460. The van der Waals surface area contributed by atoms with Crippen LogP contribution in [0.2, 0.25) is 4.71 Å². The molecule has 1 aliphatic rings. The number of thiazole rings is 1. The first-order valence-corrected chi connectivity index (χ1v) is 12.3. The van der Waals surface area contributed by atoms with Gasteiger partial charge in [0.1, 0.15) is 0 Å². The molecule has 1 N–H and O–H groups in total. The van der Waals surface area contributed by atoms with E-state index >= 15 is 0 Å². The standard InChI is InChI=1S/C20H19AsN3O2S/c1-2-18-19(23-7-1)24-20(27-18)26-15-3-4-16-13(12-25-17(16)10-15)11-21-14-5-8-22-9-6-14/h1-4,7,10,12,14,22H,5-6,8-9,11H2. The summed E-state index contributed by atoms with van der Waals surface area (Å²) in [6, 6.07) is 9.98. The summed E-state index contributed by atoms with van der Waals surface area (Å²) in [7, 11) is 0. The van der Waals surface area contributed by atoms with Crippen LogP contribution in [-0.2, 0) is 5.21 Å². The molecule has 0 atom stereocenters. The number of fused-ring (bicyclic) bond motifs is 2. The molecule has 5 rings (SSSR count). The Morgan fingerprint density at radius 3 is 3.07 bits per heavy atom. The van der Waals surface area contributed by atoms with Gasteiger partial charge in [-0.2, -0.15) is 0 Å². The van der Waals surface area contributed by atoms with E-state index in [0.717, 1.165) is 31.6 Å². The first kappa shape index (κ1) is 17.2. The van der Waals surface area contributed by atoms with Gasteiger partial charge in [-0.3, -0.25) is 0 Å². The summed E-state index contributed by atoms with van der Waals surface area (Å²) in [6.07, 6.45) is 6.32. The summed E-state index contributed by atoms with van der Waals surface area (Å²) in [5.41, 5.74) is 2.94. The maximum atomic E-state index is 5.94. The zero-order valence-corrected chi connectivity index (χ0v) is 17.4. The van der Waals surface area contributed by atoms with Crippen LogP contribution >= 0.6 is 11.3 Å². The molecule has 0 bridgehead atoms. The molecular weight excluding hydrogens is 421 g/mol. The second-order valence-electron chi connectivity index (χ2n) is 6.65. The molecule has 0 spiro atoms. The molecular formula is C20H19AsN3O2S. The van der Waals surface area contributed by atoms with Crippen molar-refractivity contribution in [3.63, 3.8) is 0 Å². The third-order valence-electron chi connectivity index (χ3n) is 4.81. The SMILES string of the molecule is c1cnc2nc(Oc3ccc4c(C[As]C5CCNCC5)coc4c3)sc2c1. The average Bonchev–Trinajstić information content (AvgIpc) is 3.30. The van der Waals surface area contributed by atoms with Gasteiger partial charge in [0.2, 0.25) is 0 Å². The van der Waals surface area contributed by atoms with Crippen LogP contribution in [0.4, 0.5) is 0 Å². The van der Waals surface area contributed by atoms with Crippen molar-refractivity contribution in [1.29, 1.82) is 0 Å². The summed E-state index contributed by atoms with van der Waals surface area (Å²) < 4.78 is 13.7. The Kier molecular flexibility index (Phi) is 4.87. The fourth-order valence-corrected chi connectivity index (χ4v) is 6.93. The van der Waals surface area contributed by atoms with E-state index in [2.05, 4.69) is 21.4 Å². The predicted octanol–water partition coefficient (Wildman–Crippen LogP) is 4.61. The average molecular weight is 440 g/mol. The number of aromatic nitrogens is 2. The van der Waals surface area contributed by atoms with Crippen LogP contribution in [-0.4, -0.2) is 38.8 Å². The third kappa shape index (κ3) is 3.75. The maximum absolute atomic E-state index is 5.94. The monoisotopic (exact) mass is 440 g/mol. The fourth-order valence-electron chi connectivity index (χ4n) is 3.36. The Labute approximate surface area is 167 Å². The molecule has 0 saturated carbocycles. The molecule has 7 heteroatoms. The van der Waals surface area contributed by atoms with Crippen molar-refractivity contribution in [3.8, 4) is 10.9 Å². The third-order valence-corrected chi connectivity index (χ3v) is 8.96. The van der Waals surface area contributed by atoms with Crippen molar-refractivity contribution in [3.05, 3.63) is 48.4 Å². The van der Waals surface area contributed by atoms with Crippen LogP contribution in [0.5, 0.6) is 10.9 Å². The topological polar surface area (TPSA) is 60.2 Å². The number of nitrogens with zero attached hydrogens (tertiary/aromatic N) is 2. The molecule has 5 nitrogen and oxygen atoms in total. The molecule has 0 unspecified atom stereocenters. The summed E-state index contributed by atoms with van der Waals surface area (Å²) in [5.74, 6) is 0.745. The number of rotatable bonds is 5. The van der Waals surface area contributed by atoms with Crippen molar-refractivity contribution < 1.29 is 9.15 Å².